The van der Waals surface area contributed by atoms with Crippen LogP contribution < -0.4 is 9.47 Å². The fourth-order valence-corrected chi connectivity index (χ4v) is 3.39. The maximum absolute atomic E-state index is 12.4. The second kappa shape index (κ2) is 9.07. The topological polar surface area (TPSA) is 65.1 Å². The van der Waals surface area contributed by atoms with E-state index in [1.165, 1.54) is 19.1 Å². The summed E-state index contributed by atoms with van der Waals surface area (Å²) >= 11 is 4.36. The highest BCUT2D eigenvalue weighted by atomic mass is 79.9. The van der Waals surface area contributed by atoms with Crippen LogP contribution in [-0.4, -0.2) is 50.0 Å². The van der Waals surface area contributed by atoms with E-state index in [4.69, 9.17) is 14.2 Å². The van der Waals surface area contributed by atoms with Gasteiger partial charge >= 0.3 is 0 Å². The number of carbonyl (C=O) groups is 2. The van der Waals surface area contributed by atoms with E-state index < -0.39 is 0 Å². The number of nitrogens with zero attached hydrogens (tertiary/aromatic N) is 1. The van der Waals surface area contributed by atoms with E-state index in [9.17, 15) is 9.59 Å². The normalized spacial score (nSPS) is 15.8. The second-order valence-electron chi connectivity index (χ2n) is 4.95. The van der Waals surface area contributed by atoms with Gasteiger partial charge in [0.25, 0.3) is 11.1 Å². The maximum Gasteiger partial charge on any atom is 0.293 e. The summed E-state index contributed by atoms with van der Waals surface area (Å²) in [5.41, 5.74) is 0.708. The summed E-state index contributed by atoms with van der Waals surface area (Å²) in [5, 5.41) is -0.303. The van der Waals surface area contributed by atoms with Gasteiger partial charge in [-0.2, -0.15) is 0 Å². The van der Waals surface area contributed by atoms with Crippen molar-refractivity contribution in [1.82, 2.24) is 4.90 Å². The highest BCUT2D eigenvalue weighted by Gasteiger charge is 2.34. The van der Waals surface area contributed by atoms with Crippen LogP contribution in [0.15, 0.2) is 34.2 Å². The Hall–Kier alpha value is -1.77. The molecule has 0 N–H and O–H groups in total. The minimum Gasteiger partial charge on any atom is -0.493 e. The van der Waals surface area contributed by atoms with Gasteiger partial charge in [0.2, 0.25) is 0 Å². The number of imide groups is 1. The van der Waals surface area contributed by atoms with Crippen molar-refractivity contribution in [3.8, 4) is 11.5 Å². The monoisotopic (exact) mass is 427 g/mol. The molecule has 2 rings (SSSR count). The first-order chi connectivity index (χ1) is 12.0. The van der Waals surface area contributed by atoms with Gasteiger partial charge in [-0.15, -0.1) is 0 Å². The van der Waals surface area contributed by atoms with E-state index in [1.807, 2.05) is 0 Å². The van der Waals surface area contributed by atoms with Crippen molar-refractivity contribution in [1.29, 1.82) is 0 Å². The zero-order valence-corrected chi connectivity index (χ0v) is 16.3. The quantitative estimate of drug-likeness (QED) is 0.465. The van der Waals surface area contributed by atoms with E-state index >= 15 is 0 Å². The van der Waals surface area contributed by atoms with Gasteiger partial charge in [0, 0.05) is 11.6 Å². The zero-order chi connectivity index (χ0) is 18.4. The number of hydrogen-bond acceptors (Lipinski definition) is 6. The molecule has 1 aliphatic rings. The Bertz CT molecular complexity index is 719. The summed E-state index contributed by atoms with van der Waals surface area (Å²) in [6.07, 6.45) is 3.29. The molecule has 1 heterocycles. The predicted molar refractivity (Wildman–Crippen MR) is 101 cm³/mol. The summed E-state index contributed by atoms with van der Waals surface area (Å²) in [6, 6.07) is 3.50. The van der Waals surface area contributed by atoms with Crippen molar-refractivity contribution in [3.05, 3.63) is 39.7 Å². The Labute approximate surface area is 158 Å². The molecular weight excluding hydrogens is 410 g/mol. The molecular formula is C17H18BrNO5S. The van der Waals surface area contributed by atoms with Crippen molar-refractivity contribution in [2.75, 3.05) is 34.0 Å². The fraction of sp³-hybridized carbons (Fsp3) is 0.294. The number of amides is 2. The molecule has 0 atom stereocenters. The number of thioether (sulfide) groups is 1. The van der Waals surface area contributed by atoms with E-state index in [-0.39, 0.29) is 17.7 Å². The minimum absolute atomic E-state index is 0.233. The molecule has 0 unspecified atom stereocenters. The Morgan fingerprint density at radius 3 is 2.68 bits per heavy atom. The molecule has 1 aliphatic heterocycles. The van der Waals surface area contributed by atoms with E-state index in [0.29, 0.717) is 35.2 Å². The lowest BCUT2D eigenvalue weighted by molar-refractivity contribution is -0.123. The molecule has 2 amide bonds. The third kappa shape index (κ3) is 4.65. The lowest BCUT2D eigenvalue weighted by atomic mass is 10.2. The molecule has 6 nitrogen and oxygen atoms in total. The van der Waals surface area contributed by atoms with Crippen LogP contribution >= 0.6 is 27.7 Å². The first-order valence-corrected chi connectivity index (χ1v) is 8.98. The largest absolute Gasteiger partial charge is 0.493 e. The molecule has 8 heteroatoms. The van der Waals surface area contributed by atoms with Gasteiger partial charge < -0.3 is 14.2 Å². The van der Waals surface area contributed by atoms with Crippen LogP contribution in [0, 0.1) is 0 Å². The van der Waals surface area contributed by atoms with Crippen LogP contribution in [0.2, 0.25) is 0 Å². The van der Waals surface area contributed by atoms with Gasteiger partial charge in [-0.25, -0.2) is 0 Å². The van der Waals surface area contributed by atoms with Gasteiger partial charge in [0.1, 0.15) is 6.61 Å². The SMILES string of the molecule is C=CCOc1cc(Br)c(/C=C2/SC(=O)N(CCOC)C2=O)cc1OC. The summed E-state index contributed by atoms with van der Waals surface area (Å²) in [6.45, 7) is 4.50. The third-order valence-electron chi connectivity index (χ3n) is 3.32. The number of rotatable bonds is 8. The highest BCUT2D eigenvalue weighted by Crippen LogP contribution is 2.37. The fourth-order valence-electron chi connectivity index (χ4n) is 2.10. The Morgan fingerprint density at radius 1 is 1.28 bits per heavy atom. The molecule has 0 aromatic heterocycles. The van der Waals surface area contributed by atoms with Crippen molar-refractivity contribution in [3.63, 3.8) is 0 Å². The summed E-state index contributed by atoms with van der Waals surface area (Å²) in [4.78, 5) is 25.9. The van der Waals surface area contributed by atoms with Gasteiger partial charge in [-0.3, -0.25) is 14.5 Å². The predicted octanol–water partition coefficient (Wildman–Crippen LogP) is 3.71. The number of halogens is 1. The first kappa shape index (κ1) is 19.6. The van der Waals surface area contributed by atoms with Crippen LogP contribution in [0.4, 0.5) is 4.79 Å². The Kier molecular flexibility index (Phi) is 7.10. The highest BCUT2D eigenvalue weighted by molar-refractivity contribution is 9.10. The third-order valence-corrected chi connectivity index (χ3v) is 4.91. The van der Waals surface area contributed by atoms with E-state index in [1.54, 1.807) is 24.3 Å². The smallest absolute Gasteiger partial charge is 0.293 e. The number of methoxy groups -OCH3 is 2. The Balaban J connectivity index is 2.29. The van der Waals surface area contributed by atoms with Crippen molar-refractivity contribution in [2.24, 2.45) is 0 Å². The second-order valence-corrected chi connectivity index (χ2v) is 6.80. The molecule has 134 valence electrons. The molecule has 1 fully saturated rings. The zero-order valence-electron chi connectivity index (χ0n) is 13.9. The number of ether oxygens (including phenoxy) is 3. The van der Waals surface area contributed by atoms with Crippen LogP contribution in [-0.2, 0) is 9.53 Å². The van der Waals surface area contributed by atoms with Crippen LogP contribution in [0.25, 0.3) is 6.08 Å². The van der Waals surface area contributed by atoms with Gasteiger partial charge in [-0.1, -0.05) is 28.6 Å². The van der Waals surface area contributed by atoms with E-state index in [2.05, 4.69) is 22.5 Å². The average molecular weight is 428 g/mol. The average Bonchev–Trinajstić information content (AvgIpc) is 2.86. The molecule has 0 saturated carbocycles. The van der Waals surface area contributed by atoms with Crippen molar-refractivity contribution in [2.45, 2.75) is 0 Å². The lowest BCUT2D eigenvalue weighted by Crippen LogP contribution is -2.31. The Morgan fingerprint density at radius 2 is 2.04 bits per heavy atom. The molecule has 0 bridgehead atoms. The standard InChI is InChI=1S/C17H18BrNO5S/c1-4-6-24-14-10-12(18)11(8-13(14)23-3)9-15-16(20)19(5-7-22-2)17(21)25-15/h4,8-10H,1,5-7H2,2-3H3/b15-9+. The molecule has 1 aromatic carbocycles. The lowest BCUT2D eigenvalue weighted by Gasteiger charge is -2.12. The number of hydrogen-bond donors (Lipinski definition) is 0. The molecule has 1 saturated heterocycles. The van der Waals surface area contributed by atoms with Gasteiger partial charge in [0.05, 0.1) is 25.2 Å². The molecule has 0 aliphatic carbocycles. The molecule has 0 radical (unpaired) electrons. The number of benzene rings is 1. The molecule has 1 aromatic rings. The van der Waals surface area contributed by atoms with Crippen LogP contribution in [0.5, 0.6) is 11.5 Å². The summed E-state index contributed by atoms with van der Waals surface area (Å²) in [5.74, 6) is 0.749. The first-order valence-electron chi connectivity index (χ1n) is 7.37. The van der Waals surface area contributed by atoms with Gasteiger partial charge in [0.15, 0.2) is 11.5 Å². The van der Waals surface area contributed by atoms with Gasteiger partial charge in [-0.05, 0) is 35.5 Å². The van der Waals surface area contributed by atoms with Crippen molar-refractivity contribution < 1.29 is 23.8 Å². The van der Waals surface area contributed by atoms with Crippen LogP contribution in [0.3, 0.4) is 0 Å². The van der Waals surface area contributed by atoms with Crippen molar-refractivity contribution >= 4 is 44.9 Å². The minimum atomic E-state index is -0.329. The number of carbonyl (C=O) groups excluding carboxylic acids is 2. The summed E-state index contributed by atoms with van der Waals surface area (Å²) in [7, 11) is 3.06. The molecule has 0 spiro atoms. The van der Waals surface area contributed by atoms with E-state index in [0.717, 1.165) is 16.2 Å². The molecule has 25 heavy (non-hydrogen) atoms. The summed E-state index contributed by atoms with van der Waals surface area (Å²) < 4.78 is 16.5. The van der Waals surface area contributed by atoms with Crippen LogP contribution in [0.1, 0.15) is 5.56 Å². The maximum atomic E-state index is 12.4.